The standard InChI is InChI=1S/C23H24N4O4S/c1-13-7-8-18(31-13)22-25-14(2)19(32-22)21(29)26-17-6-4-3-5-16(17)23(30)27-11-9-15(10-12-27)20(24)28/h3-8,15H,9-12H2,1-2H3,(H2,24,28)(H,26,29). The van der Waals surface area contributed by atoms with Crippen LogP contribution in [0.15, 0.2) is 40.8 Å². The van der Waals surface area contributed by atoms with Crippen molar-refractivity contribution in [1.82, 2.24) is 9.88 Å². The fourth-order valence-corrected chi connectivity index (χ4v) is 4.68. The number of nitrogens with two attached hydrogens (primary N) is 1. The van der Waals surface area contributed by atoms with Gasteiger partial charge in [0.1, 0.15) is 10.6 Å². The lowest BCUT2D eigenvalue weighted by atomic mass is 9.95. The van der Waals surface area contributed by atoms with Crippen molar-refractivity contribution in [2.45, 2.75) is 26.7 Å². The smallest absolute Gasteiger partial charge is 0.267 e. The van der Waals surface area contributed by atoms with Gasteiger partial charge in [-0.3, -0.25) is 14.4 Å². The molecule has 1 saturated heterocycles. The summed E-state index contributed by atoms with van der Waals surface area (Å²) in [5.74, 6) is 0.346. The maximum atomic E-state index is 13.1. The number of aromatic nitrogens is 1. The number of nitrogens with one attached hydrogen (secondary N) is 1. The first kappa shape index (κ1) is 21.8. The molecule has 166 valence electrons. The van der Waals surface area contributed by atoms with Crippen molar-refractivity contribution in [3.63, 3.8) is 0 Å². The third kappa shape index (κ3) is 4.43. The SMILES string of the molecule is Cc1ccc(-c2nc(C)c(C(=O)Nc3ccccc3C(=O)N3CCC(C(N)=O)CC3)s2)o1. The molecule has 32 heavy (non-hydrogen) atoms. The molecule has 1 aliphatic heterocycles. The number of primary amides is 1. The molecule has 3 N–H and O–H groups in total. The molecule has 8 nitrogen and oxygen atoms in total. The molecule has 9 heteroatoms. The molecule has 3 amide bonds. The van der Waals surface area contributed by atoms with Crippen LogP contribution < -0.4 is 11.1 Å². The average molecular weight is 453 g/mol. The van der Waals surface area contributed by atoms with Crippen molar-refractivity contribution in [2.24, 2.45) is 11.7 Å². The first-order chi connectivity index (χ1) is 15.3. The van der Waals surface area contributed by atoms with E-state index in [1.807, 2.05) is 19.1 Å². The number of aryl methyl sites for hydroxylation is 2. The molecule has 4 rings (SSSR count). The molecule has 0 saturated carbocycles. The van der Waals surface area contributed by atoms with Crippen molar-refractivity contribution in [3.8, 4) is 10.8 Å². The zero-order chi connectivity index (χ0) is 22.8. The number of nitrogens with zero attached hydrogens (tertiary/aromatic N) is 2. The van der Waals surface area contributed by atoms with Gasteiger partial charge in [-0.2, -0.15) is 0 Å². The summed E-state index contributed by atoms with van der Waals surface area (Å²) in [4.78, 5) is 44.1. The van der Waals surface area contributed by atoms with Crippen molar-refractivity contribution >= 4 is 34.7 Å². The molecule has 0 atom stereocenters. The predicted molar refractivity (Wildman–Crippen MR) is 122 cm³/mol. The topological polar surface area (TPSA) is 119 Å². The van der Waals surface area contributed by atoms with Crippen LogP contribution in [0.3, 0.4) is 0 Å². The number of thiazole rings is 1. The number of piperidine rings is 1. The van der Waals surface area contributed by atoms with Gasteiger partial charge >= 0.3 is 0 Å². The van der Waals surface area contributed by atoms with Crippen molar-refractivity contribution in [2.75, 3.05) is 18.4 Å². The molecule has 2 aromatic heterocycles. The Bertz CT molecular complexity index is 1170. The summed E-state index contributed by atoms with van der Waals surface area (Å²) in [7, 11) is 0. The van der Waals surface area contributed by atoms with E-state index >= 15 is 0 Å². The summed E-state index contributed by atoms with van der Waals surface area (Å²) in [5, 5.41) is 3.49. The van der Waals surface area contributed by atoms with Crippen molar-refractivity contribution in [1.29, 1.82) is 0 Å². The Morgan fingerprint density at radius 2 is 1.84 bits per heavy atom. The van der Waals surface area contributed by atoms with E-state index in [2.05, 4.69) is 10.3 Å². The van der Waals surface area contributed by atoms with E-state index < -0.39 is 0 Å². The highest BCUT2D eigenvalue weighted by atomic mass is 32.1. The highest BCUT2D eigenvalue weighted by Crippen LogP contribution is 2.30. The summed E-state index contributed by atoms with van der Waals surface area (Å²) in [6.45, 7) is 4.52. The lowest BCUT2D eigenvalue weighted by molar-refractivity contribution is -0.123. The summed E-state index contributed by atoms with van der Waals surface area (Å²) >= 11 is 1.24. The van der Waals surface area contributed by atoms with Crippen LogP contribution in [0, 0.1) is 19.8 Å². The molecule has 0 aliphatic carbocycles. The molecule has 0 radical (unpaired) electrons. The van der Waals surface area contributed by atoms with E-state index in [0.29, 0.717) is 58.5 Å². The Morgan fingerprint density at radius 1 is 1.12 bits per heavy atom. The molecule has 0 unspecified atom stereocenters. The van der Waals surface area contributed by atoms with Gasteiger partial charge in [-0.25, -0.2) is 4.98 Å². The highest BCUT2D eigenvalue weighted by molar-refractivity contribution is 7.17. The Balaban J connectivity index is 1.51. The van der Waals surface area contributed by atoms with Gasteiger partial charge in [0.15, 0.2) is 10.8 Å². The molecule has 3 heterocycles. The van der Waals surface area contributed by atoms with E-state index in [-0.39, 0.29) is 23.6 Å². The zero-order valence-corrected chi connectivity index (χ0v) is 18.7. The molecule has 1 aromatic carbocycles. The Morgan fingerprint density at radius 3 is 2.50 bits per heavy atom. The number of hydrogen-bond acceptors (Lipinski definition) is 6. The van der Waals surface area contributed by atoms with Crippen molar-refractivity contribution in [3.05, 3.63) is 58.3 Å². The van der Waals surface area contributed by atoms with Gasteiger partial charge in [-0.15, -0.1) is 11.3 Å². The average Bonchev–Trinajstić information content (AvgIpc) is 3.39. The van der Waals surface area contributed by atoms with Gasteiger partial charge in [0.2, 0.25) is 5.91 Å². The van der Waals surface area contributed by atoms with E-state index in [4.69, 9.17) is 10.2 Å². The minimum atomic E-state index is -0.331. The highest BCUT2D eigenvalue weighted by Gasteiger charge is 2.28. The second-order valence-corrected chi connectivity index (χ2v) is 8.81. The number of hydrogen-bond donors (Lipinski definition) is 2. The number of para-hydroxylation sites is 1. The molecular weight excluding hydrogens is 428 g/mol. The van der Waals surface area contributed by atoms with E-state index in [1.54, 1.807) is 36.1 Å². The van der Waals surface area contributed by atoms with Crippen LogP contribution in [0.1, 0.15) is 44.3 Å². The number of carbonyl (C=O) groups excluding carboxylic acids is 3. The van der Waals surface area contributed by atoms with Crippen LogP contribution in [0.25, 0.3) is 10.8 Å². The van der Waals surface area contributed by atoms with E-state index in [1.165, 1.54) is 11.3 Å². The Kier molecular flexibility index (Phi) is 6.09. The molecule has 1 aliphatic rings. The van der Waals surface area contributed by atoms with Gasteiger partial charge in [0.25, 0.3) is 11.8 Å². The number of furan rings is 1. The number of amides is 3. The minimum Gasteiger partial charge on any atom is -0.459 e. The second kappa shape index (κ2) is 8.96. The lowest BCUT2D eigenvalue weighted by Crippen LogP contribution is -2.42. The van der Waals surface area contributed by atoms with Gasteiger partial charge in [0.05, 0.1) is 16.9 Å². The van der Waals surface area contributed by atoms with E-state index in [9.17, 15) is 14.4 Å². The number of benzene rings is 1. The van der Waals surface area contributed by atoms with Crippen LogP contribution in [0.5, 0.6) is 0 Å². The summed E-state index contributed by atoms with van der Waals surface area (Å²) in [6, 6.07) is 10.6. The lowest BCUT2D eigenvalue weighted by Gasteiger charge is -2.31. The van der Waals surface area contributed by atoms with Gasteiger partial charge in [-0.05, 0) is 51.0 Å². The predicted octanol–water partition coefficient (Wildman–Crippen LogP) is 3.61. The normalized spacial score (nSPS) is 14.4. The maximum absolute atomic E-state index is 13.1. The van der Waals surface area contributed by atoms with Crippen LogP contribution in [-0.4, -0.2) is 40.7 Å². The van der Waals surface area contributed by atoms with Gasteiger partial charge in [-0.1, -0.05) is 12.1 Å². The summed E-state index contributed by atoms with van der Waals surface area (Å²) in [5.41, 5.74) is 6.82. The second-order valence-electron chi connectivity index (χ2n) is 7.81. The monoisotopic (exact) mass is 452 g/mol. The summed E-state index contributed by atoms with van der Waals surface area (Å²) < 4.78 is 5.61. The largest absolute Gasteiger partial charge is 0.459 e. The van der Waals surface area contributed by atoms with Crippen LogP contribution in [0.2, 0.25) is 0 Å². The maximum Gasteiger partial charge on any atom is 0.267 e. The Hall–Kier alpha value is -3.46. The third-order valence-corrected chi connectivity index (χ3v) is 6.71. The number of carbonyl (C=O) groups is 3. The first-order valence-electron chi connectivity index (χ1n) is 10.4. The van der Waals surface area contributed by atoms with Crippen LogP contribution in [0.4, 0.5) is 5.69 Å². The molecular formula is C23H24N4O4S. The van der Waals surface area contributed by atoms with Crippen LogP contribution >= 0.6 is 11.3 Å². The zero-order valence-electron chi connectivity index (χ0n) is 17.9. The third-order valence-electron chi connectivity index (χ3n) is 5.54. The minimum absolute atomic E-state index is 0.184. The number of anilines is 1. The summed E-state index contributed by atoms with van der Waals surface area (Å²) in [6.07, 6.45) is 1.09. The molecule has 0 bridgehead atoms. The van der Waals surface area contributed by atoms with Crippen molar-refractivity contribution < 1.29 is 18.8 Å². The van der Waals surface area contributed by atoms with Crippen LogP contribution in [-0.2, 0) is 4.79 Å². The fourth-order valence-electron chi connectivity index (χ4n) is 3.76. The van der Waals surface area contributed by atoms with Gasteiger partial charge < -0.3 is 20.4 Å². The molecule has 3 aromatic rings. The quantitative estimate of drug-likeness (QED) is 0.613. The molecule has 0 spiro atoms. The fraction of sp³-hybridized carbons (Fsp3) is 0.304. The molecule has 1 fully saturated rings. The van der Waals surface area contributed by atoms with Gasteiger partial charge in [0, 0.05) is 19.0 Å². The number of likely N-dealkylation sites (tertiary alicyclic amines) is 1. The Labute approximate surface area is 189 Å². The first-order valence-corrected chi connectivity index (χ1v) is 11.2. The van der Waals surface area contributed by atoms with E-state index in [0.717, 1.165) is 5.76 Å². The number of rotatable bonds is 5.